The van der Waals surface area contributed by atoms with Gasteiger partial charge in [-0.05, 0) is 41.5 Å². The van der Waals surface area contributed by atoms with Gasteiger partial charge in [0.25, 0.3) is 0 Å². The maximum Gasteiger partial charge on any atom is 0.106 e. The molecule has 0 N–H and O–H groups in total. The maximum absolute atomic E-state index is 6.12. The van der Waals surface area contributed by atoms with Crippen molar-refractivity contribution in [3.63, 3.8) is 0 Å². The first-order valence-corrected chi connectivity index (χ1v) is 10.2. The van der Waals surface area contributed by atoms with Gasteiger partial charge in [-0.15, -0.1) is 0 Å². The first kappa shape index (κ1) is 19.1. The zero-order chi connectivity index (χ0) is 18.2. The Morgan fingerprint density at radius 2 is 1.23 bits per heavy atom. The van der Waals surface area contributed by atoms with Crippen LogP contribution in [0.25, 0.3) is 0 Å². The minimum atomic E-state index is 0.0509. The van der Waals surface area contributed by atoms with Gasteiger partial charge in [0.05, 0.1) is 13.2 Å². The SMILES string of the molecule is CCCCCCc1ccc([C@H]2CO[C@H](c3ccc(CC)cc3)CO2)cc1. The highest BCUT2D eigenvalue weighted by Gasteiger charge is 2.24. The van der Waals surface area contributed by atoms with Gasteiger partial charge in [-0.3, -0.25) is 0 Å². The number of hydrogen-bond donors (Lipinski definition) is 0. The molecule has 0 bridgehead atoms. The predicted molar refractivity (Wildman–Crippen MR) is 107 cm³/mol. The van der Waals surface area contributed by atoms with Crippen molar-refractivity contribution in [3.8, 4) is 0 Å². The molecule has 0 amide bonds. The molecule has 1 fully saturated rings. The summed E-state index contributed by atoms with van der Waals surface area (Å²) in [4.78, 5) is 0. The van der Waals surface area contributed by atoms with Crippen LogP contribution in [-0.2, 0) is 22.3 Å². The first-order chi connectivity index (χ1) is 12.8. The number of hydrogen-bond acceptors (Lipinski definition) is 2. The molecule has 1 heterocycles. The molecule has 1 aliphatic heterocycles. The van der Waals surface area contributed by atoms with E-state index in [-0.39, 0.29) is 12.2 Å². The van der Waals surface area contributed by atoms with E-state index in [4.69, 9.17) is 9.47 Å². The number of ether oxygens (including phenoxy) is 2. The molecule has 0 radical (unpaired) electrons. The van der Waals surface area contributed by atoms with E-state index in [9.17, 15) is 0 Å². The third-order valence-electron chi connectivity index (χ3n) is 5.33. The Balaban J connectivity index is 1.49. The van der Waals surface area contributed by atoms with Crippen LogP contribution in [0.1, 0.15) is 74.0 Å². The Bertz CT molecular complexity index is 637. The number of rotatable bonds is 8. The fourth-order valence-corrected chi connectivity index (χ4v) is 3.51. The Morgan fingerprint density at radius 3 is 1.69 bits per heavy atom. The predicted octanol–water partition coefficient (Wildman–Crippen LogP) is 6.20. The fourth-order valence-electron chi connectivity index (χ4n) is 3.51. The highest BCUT2D eigenvalue weighted by Crippen LogP contribution is 2.30. The van der Waals surface area contributed by atoms with Gasteiger partial charge in [0.15, 0.2) is 0 Å². The largest absolute Gasteiger partial charge is 0.368 e. The van der Waals surface area contributed by atoms with E-state index in [1.165, 1.54) is 54.4 Å². The average molecular weight is 353 g/mol. The number of benzene rings is 2. The van der Waals surface area contributed by atoms with E-state index in [1.54, 1.807) is 0 Å². The summed E-state index contributed by atoms with van der Waals surface area (Å²) in [5.41, 5.74) is 5.22. The van der Waals surface area contributed by atoms with Crippen LogP contribution in [0.4, 0.5) is 0 Å². The standard InChI is InChI=1S/C24H32O2/c1-3-5-6-7-8-20-11-15-22(16-12-20)24-18-25-23(17-26-24)21-13-9-19(4-2)10-14-21/h9-16,23-24H,3-8,17-18H2,1-2H3/t23-,24+/m0/s1. The molecule has 0 spiro atoms. The molecule has 2 heteroatoms. The molecule has 0 aliphatic carbocycles. The quantitative estimate of drug-likeness (QED) is 0.527. The van der Waals surface area contributed by atoms with Crippen LogP contribution in [0.5, 0.6) is 0 Å². The third kappa shape index (κ3) is 5.18. The summed E-state index contributed by atoms with van der Waals surface area (Å²) in [5.74, 6) is 0. The smallest absolute Gasteiger partial charge is 0.106 e. The Hall–Kier alpha value is -1.64. The lowest BCUT2D eigenvalue weighted by molar-refractivity contribution is -0.137. The first-order valence-electron chi connectivity index (χ1n) is 10.2. The molecule has 1 aliphatic rings. The second-order valence-corrected chi connectivity index (χ2v) is 7.29. The molecule has 3 rings (SSSR count). The van der Waals surface area contributed by atoms with Gasteiger partial charge in [-0.2, -0.15) is 0 Å². The summed E-state index contributed by atoms with van der Waals surface area (Å²) >= 11 is 0. The van der Waals surface area contributed by atoms with Gasteiger partial charge in [-0.25, -0.2) is 0 Å². The van der Waals surface area contributed by atoms with E-state index in [0.717, 1.165) is 6.42 Å². The van der Waals surface area contributed by atoms with Crippen molar-refractivity contribution < 1.29 is 9.47 Å². The summed E-state index contributed by atoms with van der Waals surface area (Å²) in [6.45, 7) is 5.67. The van der Waals surface area contributed by atoms with Crippen molar-refractivity contribution in [2.24, 2.45) is 0 Å². The molecular weight excluding hydrogens is 320 g/mol. The second-order valence-electron chi connectivity index (χ2n) is 7.29. The van der Waals surface area contributed by atoms with Crippen molar-refractivity contribution in [3.05, 3.63) is 70.8 Å². The van der Waals surface area contributed by atoms with E-state index in [1.807, 2.05) is 0 Å². The molecular formula is C24H32O2. The van der Waals surface area contributed by atoms with Crippen molar-refractivity contribution in [2.45, 2.75) is 64.6 Å². The van der Waals surface area contributed by atoms with Crippen molar-refractivity contribution >= 4 is 0 Å². The summed E-state index contributed by atoms with van der Waals surface area (Å²) in [7, 11) is 0. The molecule has 2 atom stereocenters. The van der Waals surface area contributed by atoms with Crippen molar-refractivity contribution in [2.75, 3.05) is 13.2 Å². The highest BCUT2D eigenvalue weighted by molar-refractivity contribution is 5.26. The second kappa shape index (κ2) is 9.89. The molecule has 0 aromatic heterocycles. The molecule has 2 aromatic carbocycles. The van der Waals surface area contributed by atoms with Crippen LogP contribution in [0.15, 0.2) is 48.5 Å². The fraction of sp³-hybridized carbons (Fsp3) is 0.500. The van der Waals surface area contributed by atoms with Gasteiger partial charge < -0.3 is 9.47 Å². The Kier molecular flexibility index (Phi) is 7.28. The summed E-state index contributed by atoms with van der Waals surface area (Å²) < 4.78 is 12.2. The van der Waals surface area contributed by atoms with Gasteiger partial charge >= 0.3 is 0 Å². The monoisotopic (exact) mass is 352 g/mol. The lowest BCUT2D eigenvalue weighted by Gasteiger charge is -2.30. The van der Waals surface area contributed by atoms with Crippen LogP contribution >= 0.6 is 0 Å². The van der Waals surface area contributed by atoms with E-state index >= 15 is 0 Å². The zero-order valence-corrected chi connectivity index (χ0v) is 16.2. The third-order valence-corrected chi connectivity index (χ3v) is 5.33. The Morgan fingerprint density at radius 1 is 0.692 bits per heavy atom. The molecule has 26 heavy (non-hydrogen) atoms. The van der Waals surface area contributed by atoms with E-state index in [2.05, 4.69) is 62.4 Å². The molecule has 2 nitrogen and oxygen atoms in total. The molecule has 1 saturated heterocycles. The van der Waals surface area contributed by atoms with Gasteiger partial charge in [-0.1, -0.05) is 81.6 Å². The van der Waals surface area contributed by atoms with Crippen LogP contribution in [0, 0.1) is 0 Å². The van der Waals surface area contributed by atoms with Crippen LogP contribution in [0.2, 0.25) is 0 Å². The summed E-state index contributed by atoms with van der Waals surface area (Å²) in [6.07, 6.45) is 7.60. The molecule has 2 aromatic rings. The minimum absolute atomic E-state index is 0.0509. The number of unbranched alkanes of at least 4 members (excludes halogenated alkanes) is 3. The van der Waals surface area contributed by atoms with E-state index < -0.39 is 0 Å². The Labute approximate surface area is 158 Å². The average Bonchev–Trinajstić information content (AvgIpc) is 2.72. The maximum atomic E-state index is 6.12. The topological polar surface area (TPSA) is 18.5 Å². The molecule has 0 unspecified atom stereocenters. The number of aryl methyl sites for hydroxylation is 2. The summed E-state index contributed by atoms with van der Waals surface area (Å²) in [6, 6.07) is 17.6. The summed E-state index contributed by atoms with van der Waals surface area (Å²) in [5, 5.41) is 0. The lowest BCUT2D eigenvalue weighted by Crippen LogP contribution is -2.25. The van der Waals surface area contributed by atoms with Crippen LogP contribution in [-0.4, -0.2) is 13.2 Å². The zero-order valence-electron chi connectivity index (χ0n) is 16.2. The lowest BCUT2D eigenvalue weighted by atomic mass is 10.0. The minimum Gasteiger partial charge on any atom is -0.368 e. The van der Waals surface area contributed by atoms with Gasteiger partial charge in [0, 0.05) is 0 Å². The molecule has 0 saturated carbocycles. The normalized spacial score (nSPS) is 20.2. The van der Waals surface area contributed by atoms with Gasteiger partial charge in [0.2, 0.25) is 0 Å². The highest BCUT2D eigenvalue weighted by atomic mass is 16.6. The van der Waals surface area contributed by atoms with Crippen LogP contribution in [0.3, 0.4) is 0 Å². The molecule has 140 valence electrons. The van der Waals surface area contributed by atoms with Crippen molar-refractivity contribution in [1.29, 1.82) is 0 Å². The van der Waals surface area contributed by atoms with Crippen LogP contribution < -0.4 is 0 Å². The van der Waals surface area contributed by atoms with Gasteiger partial charge in [0.1, 0.15) is 12.2 Å². The van der Waals surface area contributed by atoms with Crippen molar-refractivity contribution in [1.82, 2.24) is 0 Å². The van der Waals surface area contributed by atoms with E-state index in [0.29, 0.717) is 13.2 Å².